The number of anilines is 1. The Morgan fingerprint density at radius 3 is 2.72 bits per heavy atom. The number of hydrogen-bond donors (Lipinski definition) is 1. The monoisotopic (exact) mass is 269 g/mol. The van der Waals surface area contributed by atoms with Gasteiger partial charge in [-0.25, -0.2) is 13.2 Å². The van der Waals surface area contributed by atoms with E-state index in [1.165, 1.54) is 4.90 Å². The predicted octanol–water partition coefficient (Wildman–Crippen LogP) is 0.926. The summed E-state index contributed by atoms with van der Waals surface area (Å²) in [6, 6.07) is 4.13. The maximum absolute atomic E-state index is 12.1. The van der Waals surface area contributed by atoms with E-state index in [9.17, 15) is 13.2 Å². The van der Waals surface area contributed by atoms with Gasteiger partial charge in [-0.05, 0) is 24.1 Å². The highest BCUT2D eigenvalue weighted by molar-refractivity contribution is 7.91. The van der Waals surface area contributed by atoms with Crippen LogP contribution in [-0.2, 0) is 21.1 Å². The normalized spacial score (nSPS) is 21.4. The summed E-state index contributed by atoms with van der Waals surface area (Å²) < 4.78 is 24.2. The van der Waals surface area contributed by atoms with E-state index in [2.05, 4.69) is 0 Å². The maximum atomic E-state index is 12.1. The van der Waals surface area contributed by atoms with Crippen molar-refractivity contribution in [2.24, 2.45) is 0 Å². The van der Waals surface area contributed by atoms with Crippen molar-refractivity contribution in [3.8, 4) is 0 Å². The summed E-state index contributed by atoms with van der Waals surface area (Å²) in [4.78, 5) is 12.8. The molecule has 0 aliphatic carbocycles. The Bertz CT molecular complexity index is 594. The molecule has 0 spiro atoms. The zero-order chi connectivity index (χ0) is 13.5. The average Bonchev–Trinajstić information content (AvgIpc) is 2.33. The summed E-state index contributed by atoms with van der Waals surface area (Å²) in [6.45, 7) is 1.95. The Balaban J connectivity index is 2.62. The number of sulfone groups is 1. The molecule has 0 fully saturated rings. The minimum Gasteiger partial charge on any atom is -0.480 e. The molecular weight excluding hydrogens is 254 g/mol. The van der Waals surface area contributed by atoms with Crippen molar-refractivity contribution < 1.29 is 18.3 Å². The molecule has 1 atom stereocenters. The van der Waals surface area contributed by atoms with E-state index in [1.807, 2.05) is 13.0 Å². The third-order valence-corrected chi connectivity index (χ3v) is 5.03. The van der Waals surface area contributed by atoms with E-state index in [0.29, 0.717) is 5.69 Å². The van der Waals surface area contributed by atoms with Crippen LogP contribution < -0.4 is 4.90 Å². The molecule has 1 heterocycles. The van der Waals surface area contributed by atoms with Gasteiger partial charge < -0.3 is 10.0 Å². The number of carbonyl (C=O) groups is 1. The molecular formula is C12H15NO4S. The summed E-state index contributed by atoms with van der Waals surface area (Å²) >= 11 is 0. The van der Waals surface area contributed by atoms with Gasteiger partial charge in [0.15, 0.2) is 9.84 Å². The van der Waals surface area contributed by atoms with Gasteiger partial charge in [-0.2, -0.15) is 0 Å². The van der Waals surface area contributed by atoms with Crippen molar-refractivity contribution in [3.63, 3.8) is 0 Å². The van der Waals surface area contributed by atoms with E-state index in [4.69, 9.17) is 5.11 Å². The first kappa shape index (κ1) is 12.9. The van der Waals surface area contributed by atoms with Crippen molar-refractivity contribution >= 4 is 21.5 Å². The number of aliphatic carboxylic acids is 1. The second kappa shape index (κ2) is 4.28. The molecule has 6 heteroatoms. The summed E-state index contributed by atoms with van der Waals surface area (Å²) in [5.74, 6) is -1.50. The lowest BCUT2D eigenvalue weighted by Gasteiger charge is -2.33. The van der Waals surface area contributed by atoms with Gasteiger partial charge >= 0.3 is 5.97 Å². The van der Waals surface area contributed by atoms with Crippen molar-refractivity contribution in [3.05, 3.63) is 23.8 Å². The molecule has 0 aromatic heterocycles. The quantitative estimate of drug-likeness (QED) is 0.864. The van der Waals surface area contributed by atoms with E-state index < -0.39 is 21.8 Å². The average molecular weight is 269 g/mol. The first-order chi connectivity index (χ1) is 8.36. The van der Waals surface area contributed by atoms with Gasteiger partial charge in [0, 0.05) is 7.05 Å². The largest absolute Gasteiger partial charge is 0.480 e. The fourth-order valence-corrected chi connectivity index (χ4v) is 3.96. The zero-order valence-corrected chi connectivity index (χ0v) is 11.1. The van der Waals surface area contributed by atoms with Crippen LogP contribution in [0.3, 0.4) is 0 Å². The number of carboxylic acid groups (broad SMARTS) is 1. The number of hydrogen-bond acceptors (Lipinski definition) is 4. The molecule has 0 bridgehead atoms. The highest BCUT2D eigenvalue weighted by Gasteiger charge is 2.37. The van der Waals surface area contributed by atoms with Gasteiger partial charge in [0.05, 0.1) is 16.3 Å². The fourth-order valence-electron chi connectivity index (χ4n) is 2.13. The number of aryl methyl sites for hydroxylation is 1. The molecule has 18 heavy (non-hydrogen) atoms. The molecule has 0 radical (unpaired) electrons. The van der Waals surface area contributed by atoms with Crippen LogP contribution in [0.4, 0.5) is 5.69 Å². The number of rotatable bonds is 2. The van der Waals surface area contributed by atoms with Crippen LogP contribution >= 0.6 is 0 Å². The standard InChI is InChI=1S/C12H15NO4S/c1-3-8-4-5-9-11(6-8)18(16,17)7-10(12(14)15)13(9)2/h4-6,10H,3,7H2,1-2H3,(H,14,15). The van der Waals surface area contributed by atoms with Gasteiger partial charge in [-0.1, -0.05) is 13.0 Å². The van der Waals surface area contributed by atoms with Gasteiger partial charge in [-0.3, -0.25) is 0 Å². The van der Waals surface area contributed by atoms with Gasteiger partial charge in [0.2, 0.25) is 0 Å². The molecule has 1 aromatic carbocycles. The molecule has 98 valence electrons. The summed E-state index contributed by atoms with van der Waals surface area (Å²) in [6.07, 6.45) is 0.745. The Morgan fingerprint density at radius 2 is 2.17 bits per heavy atom. The second-order valence-corrected chi connectivity index (χ2v) is 6.40. The SMILES string of the molecule is CCc1ccc2c(c1)S(=O)(=O)CC(C(=O)O)N2C. The topological polar surface area (TPSA) is 74.7 Å². The van der Waals surface area contributed by atoms with Crippen LogP contribution in [0.5, 0.6) is 0 Å². The molecule has 1 aromatic rings. The predicted molar refractivity (Wildman–Crippen MR) is 67.7 cm³/mol. The lowest BCUT2D eigenvalue weighted by atomic mass is 10.1. The lowest BCUT2D eigenvalue weighted by Crippen LogP contribution is -2.47. The summed E-state index contributed by atoms with van der Waals surface area (Å²) in [5.41, 5.74) is 1.39. The number of fused-ring (bicyclic) bond motifs is 1. The van der Waals surface area contributed by atoms with E-state index >= 15 is 0 Å². The number of carboxylic acids is 1. The first-order valence-corrected chi connectivity index (χ1v) is 7.33. The zero-order valence-electron chi connectivity index (χ0n) is 10.3. The van der Waals surface area contributed by atoms with Gasteiger partial charge in [-0.15, -0.1) is 0 Å². The molecule has 0 amide bonds. The van der Waals surface area contributed by atoms with Gasteiger partial charge in [0.1, 0.15) is 6.04 Å². The molecule has 0 saturated heterocycles. The Labute approximate surface area is 106 Å². The van der Waals surface area contributed by atoms with E-state index in [1.54, 1.807) is 19.2 Å². The first-order valence-electron chi connectivity index (χ1n) is 5.68. The maximum Gasteiger partial charge on any atom is 0.327 e. The summed E-state index contributed by atoms with van der Waals surface area (Å²) in [7, 11) is -1.92. The van der Waals surface area contributed by atoms with Crippen LogP contribution in [0.15, 0.2) is 23.1 Å². The van der Waals surface area contributed by atoms with Crippen LogP contribution in [0, 0.1) is 0 Å². The van der Waals surface area contributed by atoms with Crippen molar-refractivity contribution in [1.82, 2.24) is 0 Å². The fraction of sp³-hybridized carbons (Fsp3) is 0.417. The molecule has 0 saturated carbocycles. The molecule has 1 N–H and O–H groups in total. The Kier molecular flexibility index (Phi) is 3.06. The highest BCUT2D eigenvalue weighted by atomic mass is 32.2. The third-order valence-electron chi connectivity index (χ3n) is 3.28. The number of benzene rings is 1. The van der Waals surface area contributed by atoms with Crippen molar-refractivity contribution in [2.45, 2.75) is 24.3 Å². The number of nitrogens with zero attached hydrogens (tertiary/aromatic N) is 1. The van der Waals surface area contributed by atoms with E-state index in [0.717, 1.165) is 12.0 Å². The van der Waals surface area contributed by atoms with Crippen molar-refractivity contribution in [2.75, 3.05) is 17.7 Å². The van der Waals surface area contributed by atoms with Gasteiger partial charge in [0.25, 0.3) is 0 Å². The minimum atomic E-state index is -3.52. The van der Waals surface area contributed by atoms with Crippen molar-refractivity contribution in [1.29, 1.82) is 0 Å². The van der Waals surface area contributed by atoms with Crippen LogP contribution in [0.2, 0.25) is 0 Å². The highest BCUT2D eigenvalue weighted by Crippen LogP contribution is 2.33. The van der Waals surface area contributed by atoms with Crippen LogP contribution in [0.1, 0.15) is 12.5 Å². The van der Waals surface area contributed by atoms with Crippen LogP contribution in [0.25, 0.3) is 0 Å². The smallest absolute Gasteiger partial charge is 0.327 e. The molecule has 1 unspecified atom stereocenters. The molecule has 1 aliphatic heterocycles. The lowest BCUT2D eigenvalue weighted by molar-refractivity contribution is -0.138. The minimum absolute atomic E-state index is 0.238. The molecule has 5 nitrogen and oxygen atoms in total. The summed E-state index contributed by atoms with van der Waals surface area (Å²) in [5, 5.41) is 9.06. The number of likely N-dealkylation sites (N-methyl/N-ethyl adjacent to an activating group) is 1. The van der Waals surface area contributed by atoms with E-state index in [-0.39, 0.29) is 10.6 Å². The Hall–Kier alpha value is -1.56. The second-order valence-electron chi connectivity index (χ2n) is 4.40. The van der Waals surface area contributed by atoms with Crippen LogP contribution in [-0.4, -0.2) is 38.3 Å². The Morgan fingerprint density at radius 1 is 1.50 bits per heavy atom. The third kappa shape index (κ3) is 1.96. The molecule has 2 rings (SSSR count). The molecule has 1 aliphatic rings.